The van der Waals surface area contributed by atoms with Gasteiger partial charge in [0.2, 0.25) is 11.8 Å². The minimum atomic E-state index is -0.411. The van der Waals surface area contributed by atoms with E-state index in [0.717, 1.165) is 25.7 Å². The molecule has 0 saturated heterocycles. The first kappa shape index (κ1) is 17.9. The Labute approximate surface area is 141 Å². The molecule has 0 radical (unpaired) electrons. The molecule has 0 spiro atoms. The van der Waals surface area contributed by atoms with Crippen LogP contribution >= 0.6 is 12.4 Å². The van der Waals surface area contributed by atoms with Crippen molar-refractivity contribution in [1.29, 1.82) is 0 Å². The van der Waals surface area contributed by atoms with E-state index in [1.165, 1.54) is 0 Å². The predicted molar refractivity (Wildman–Crippen MR) is 86.3 cm³/mol. The third kappa shape index (κ3) is 3.90. The highest BCUT2D eigenvalue weighted by atomic mass is 35.5. The van der Waals surface area contributed by atoms with E-state index in [9.17, 15) is 0 Å². The fraction of sp³-hybridized carbons (Fsp3) is 0.733. The SMILES string of the molecule is CC(C)(C)c1noc(CCc2nc(C3(N)CCCC3)no2)n1.Cl. The third-order valence-corrected chi connectivity index (χ3v) is 4.10. The lowest BCUT2D eigenvalue weighted by atomic mass is 9.96. The van der Waals surface area contributed by atoms with Gasteiger partial charge in [-0.1, -0.05) is 43.9 Å². The average molecular weight is 342 g/mol. The van der Waals surface area contributed by atoms with E-state index in [1.807, 2.05) is 20.8 Å². The van der Waals surface area contributed by atoms with Gasteiger partial charge in [-0.15, -0.1) is 12.4 Å². The lowest BCUT2D eigenvalue weighted by molar-refractivity contribution is 0.336. The molecule has 0 atom stereocenters. The molecule has 2 N–H and O–H groups in total. The monoisotopic (exact) mass is 341 g/mol. The third-order valence-electron chi connectivity index (χ3n) is 4.10. The van der Waals surface area contributed by atoms with Crippen LogP contribution in [0.1, 0.15) is 69.9 Å². The Kier molecular flexibility index (Phi) is 5.10. The molecule has 128 valence electrons. The second-order valence-corrected chi connectivity index (χ2v) is 7.14. The van der Waals surface area contributed by atoms with Crippen molar-refractivity contribution in [2.24, 2.45) is 5.73 Å². The Hall–Kier alpha value is -1.47. The Bertz CT molecular complexity index is 640. The van der Waals surface area contributed by atoms with Crippen LogP contribution in [0.3, 0.4) is 0 Å². The minimum Gasteiger partial charge on any atom is -0.339 e. The Morgan fingerprint density at radius 2 is 1.57 bits per heavy atom. The molecule has 2 aromatic heterocycles. The highest BCUT2D eigenvalue weighted by Gasteiger charge is 2.35. The van der Waals surface area contributed by atoms with Crippen molar-refractivity contribution < 1.29 is 9.05 Å². The zero-order valence-electron chi connectivity index (χ0n) is 13.8. The summed E-state index contributed by atoms with van der Waals surface area (Å²) in [6.45, 7) is 6.15. The molecule has 23 heavy (non-hydrogen) atoms. The number of hydrogen-bond donors (Lipinski definition) is 1. The minimum absolute atomic E-state index is 0. The summed E-state index contributed by atoms with van der Waals surface area (Å²) in [5, 5.41) is 8.06. The molecule has 1 saturated carbocycles. The summed E-state index contributed by atoms with van der Waals surface area (Å²) in [7, 11) is 0. The summed E-state index contributed by atoms with van der Waals surface area (Å²) in [6.07, 6.45) is 5.25. The first-order valence-electron chi connectivity index (χ1n) is 7.82. The van der Waals surface area contributed by atoms with Crippen molar-refractivity contribution in [1.82, 2.24) is 20.3 Å². The van der Waals surface area contributed by atoms with Gasteiger partial charge in [-0.3, -0.25) is 0 Å². The fourth-order valence-electron chi connectivity index (χ4n) is 2.66. The molecule has 3 rings (SSSR count). The van der Waals surface area contributed by atoms with E-state index in [4.69, 9.17) is 14.8 Å². The van der Waals surface area contributed by atoms with Crippen LogP contribution < -0.4 is 5.73 Å². The highest BCUT2D eigenvalue weighted by Crippen LogP contribution is 2.34. The normalized spacial score (nSPS) is 17.2. The zero-order chi connectivity index (χ0) is 15.8. The summed E-state index contributed by atoms with van der Waals surface area (Å²) < 4.78 is 10.6. The zero-order valence-corrected chi connectivity index (χ0v) is 14.7. The topological polar surface area (TPSA) is 104 Å². The summed E-state index contributed by atoms with van der Waals surface area (Å²) >= 11 is 0. The van der Waals surface area contributed by atoms with Gasteiger partial charge in [-0.05, 0) is 12.8 Å². The number of aryl methyl sites for hydroxylation is 2. The van der Waals surface area contributed by atoms with Gasteiger partial charge in [0.25, 0.3) is 0 Å². The largest absolute Gasteiger partial charge is 0.339 e. The van der Waals surface area contributed by atoms with Gasteiger partial charge in [-0.2, -0.15) is 9.97 Å². The molecule has 7 nitrogen and oxygen atoms in total. The molecular weight excluding hydrogens is 318 g/mol. The molecule has 1 aliphatic carbocycles. The van der Waals surface area contributed by atoms with E-state index < -0.39 is 5.54 Å². The van der Waals surface area contributed by atoms with Crippen LogP contribution in [0, 0.1) is 0 Å². The Morgan fingerprint density at radius 1 is 1.00 bits per heavy atom. The van der Waals surface area contributed by atoms with Gasteiger partial charge in [-0.25, -0.2) is 0 Å². The van der Waals surface area contributed by atoms with E-state index in [1.54, 1.807) is 0 Å². The smallest absolute Gasteiger partial charge is 0.227 e. The number of rotatable bonds is 4. The average Bonchev–Trinajstić information content (AvgIpc) is 3.16. The quantitative estimate of drug-likeness (QED) is 0.911. The summed E-state index contributed by atoms with van der Waals surface area (Å²) in [4.78, 5) is 8.84. The lowest BCUT2D eigenvalue weighted by Crippen LogP contribution is -2.34. The molecule has 1 aliphatic rings. The fourth-order valence-corrected chi connectivity index (χ4v) is 2.66. The summed E-state index contributed by atoms with van der Waals surface area (Å²) in [5.74, 6) is 2.50. The summed E-state index contributed by atoms with van der Waals surface area (Å²) in [5.41, 5.74) is 5.80. The van der Waals surface area contributed by atoms with Gasteiger partial charge in [0.1, 0.15) is 0 Å². The Morgan fingerprint density at radius 3 is 2.13 bits per heavy atom. The van der Waals surface area contributed by atoms with E-state index in [-0.39, 0.29) is 17.8 Å². The van der Waals surface area contributed by atoms with Crippen LogP contribution in [-0.2, 0) is 23.8 Å². The second-order valence-electron chi connectivity index (χ2n) is 7.14. The van der Waals surface area contributed by atoms with Gasteiger partial charge in [0, 0.05) is 18.3 Å². The maximum Gasteiger partial charge on any atom is 0.227 e. The molecule has 0 bridgehead atoms. The van der Waals surface area contributed by atoms with Crippen LogP contribution in [0.25, 0.3) is 0 Å². The molecule has 0 amide bonds. The van der Waals surface area contributed by atoms with E-state index in [2.05, 4.69) is 20.3 Å². The standard InChI is InChI=1S/C15H23N5O2.ClH/c1-14(2,3)12-17-10(21-19-12)6-7-11-18-13(20-22-11)15(16)8-4-5-9-15;/h4-9,16H2,1-3H3;1H. The summed E-state index contributed by atoms with van der Waals surface area (Å²) in [6, 6.07) is 0. The molecule has 8 heteroatoms. The van der Waals surface area contributed by atoms with Gasteiger partial charge < -0.3 is 14.8 Å². The number of aromatic nitrogens is 4. The Balaban J connectivity index is 0.00000192. The van der Waals surface area contributed by atoms with E-state index in [0.29, 0.717) is 36.3 Å². The predicted octanol–water partition coefficient (Wildman–Crippen LogP) is 2.69. The first-order chi connectivity index (χ1) is 10.4. The maximum atomic E-state index is 6.33. The van der Waals surface area contributed by atoms with Crippen LogP contribution in [0.2, 0.25) is 0 Å². The number of hydrogen-bond acceptors (Lipinski definition) is 7. The van der Waals surface area contributed by atoms with Crippen molar-refractivity contribution in [2.45, 2.75) is 70.3 Å². The van der Waals surface area contributed by atoms with E-state index >= 15 is 0 Å². The van der Waals surface area contributed by atoms with Crippen molar-refractivity contribution in [2.75, 3.05) is 0 Å². The van der Waals surface area contributed by atoms with Crippen LogP contribution in [0.4, 0.5) is 0 Å². The molecular formula is C15H24ClN5O2. The van der Waals surface area contributed by atoms with Gasteiger partial charge in [0.15, 0.2) is 11.6 Å². The van der Waals surface area contributed by atoms with Crippen LogP contribution in [-0.4, -0.2) is 20.3 Å². The van der Waals surface area contributed by atoms with Crippen molar-refractivity contribution in [3.63, 3.8) is 0 Å². The molecule has 0 aliphatic heterocycles. The maximum absolute atomic E-state index is 6.33. The van der Waals surface area contributed by atoms with Gasteiger partial charge in [0.05, 0.1) is 5.54 Å². The molecule has 0 unspecified atom stereocenters. The first-order valence-corrected chi connectivity index (χ1v) is 7.82. The van der Waals surface area contributed by atoms with Crippen molar-refractivity contribution >= 4 is 12.4 Å². The molecule has 2 aromatic rings. The number of nitrogens with two attached hydrogens (primary N) is 1. The number of nitrogens with zero attached hydrogens (tertiary/aromatic N) is 4. The van der Waals surface area contributed by atoms with Crippen molar-refractivity contribution in [3.05, 3.63) is 23.4 Å². The molecule has 0 aromatic carbocycles. The highest BCUT2D eigenvalue weighted by molar-refractivity contribution is 5.85. The van der Waals surface area contributed by atoms with Crippen molar-refractivity contribution in [3.8, 4) is 0 Å². The van der Waals surface area contributed by atoms with Crippen LogP contribution in [0.15, 0.2) is 9.05 Å². The molecule has 1 fully saturated rings. The van der Waals surface area contributed by atoms with Gasteiger partial charge >= 0.3 is 0 Å². The molecule has 2 heterocycles. The van der Waals surface area contributed by atoms with Crippen LogP contribution in [0.5, 0.6) is 0 Å². The second kappa shape index (κ2) is 6.57. The lowest BCUT2D eigenvalue weighted by Gasteiger charge is -2.17. The number of halogens is 1.